The van der Waals surface area contributed by atoms with Crippen molar-refractivity contribution in [2.24, 2.45) is 5.73 Å². The van der Waals surface area contributed by atoms with Crippen LogP contribution < -0.4 is 5.73 Å². The van der Waals surface area contributed by atoms with Crippen molar-refractivity contribution in [2.75, 3.05) is 0 Å². The highest BCUT2D eigenvalue weighted by molar-refractivity contribution is 5.33. The van der Waals surface area contributed by atoms with E-state index in [0.717, 1.165) is 19.3 Å². The summed E-state index contributed by atoms with van der Waals surface area (Å²) in [6.07, 6.45) is 3.23. The van der Waals surface area contributed by atoms with Gasteiger partial charge in [0.2, 0.25) is 0 Å². The lowest BCUT2D eigenvalue weighted by atomic mass is 9.78. The van der Waals surface area contributed by atoms with Crippen molar-refractivity contribution in [2.45, 2.75) is 64.2 Å². The van der Waals surface area contributed by atoms with Gasteiger partial charge in [-0.2, -0.15) is 0 Å². The van der Waals surface area contributed by atoms with E-state index in [1.807, 2.05) is 0 Å². The van der Waals surface area contributed by atoms with Gasteiger partial charge >= 0.3 is 0 Å². The minimum absolute atomic E-state index is 0.00547. The Morgan fingerprint density at radius 1 is 1.21 bits per heavy atom. The van der Waals surface area contributed by atoms with Crippen LogP contribution in [0.25, 0.3) is 0 Å². The Hall–Kier alpha value is -0.340. The lowest BCUT2D eigenvalue weighted by Gasteiger charge is -2.32. The molecule has 1 saturated carbocycles. The second-order valence-electron chi connectivity index (χ2n) is 5.80. The molecule has 0 atom stereocenters. The summed E-state index contributed by atoms with van der Waals surface area (Å²) in [5, 5.41) is 0. The third-order valence-corrected chi connectivity index (χ3v) is 3.30. The van der Waals surface area contributed by atoms with Gasteiger partial charge in [0.1, 0.15) is 0 Å². The Balaban J connectivity index is 2.25. The van der Waals surface area contributed by atoms with Gasteiger partial charge in [0.15, 0.2) is 0 Å². The number of ether oxygens (including phenoxy) is 1. The van der Waals surface area contributed by atoms with Gasteiger partial charge in [-0.1, -0.05) is 5.57 Å². The van der Waals surface area contributed by atoms with Crippen molar-refractivity contribution in [1.29, 1.82) is 0 Å². The molecule has 80 valence electrons. The first kappa shape index (κ1) is 10.2. The summed E-state index contributed by atoms with van der Waals surface area (Å²) >= 11 is 0. The summed E-state index contributed by atoms with van der Waals surface area (Å²) in [5.41, 5.74) is 8.81. The second-order valence-corrected chi connectivity index (χ2v) is 5.80. The van der Waals surface area contributed by atoms with Crippen LogP contribution in [0.1, 0.15) is 47.0 Å². The molecule has 1 heterocycles. The van der Waals surface area contributed by atoms with E-state index < -0.39 is 0 Å². The van der Waals surface area contributed by atoms with Crippen LogP contribution >= 0.6 is 0 Å². The summed E-state index contributed by atoms with van der Waals surface area (Å²) in [6.45, 7) is 8.68. The summed E-state index contributed by atoms with van der Waals surface area (Å²) in [7, 11) is 0. The van der Waals surface area contributed by atoms with Gasteiger partial charge in [-0.15, -0.1) is 0 Å². The molecule has 1 aliphatic heterocycles. The quantitative estimate of drug-likeness (QED) is 0.602. The van der Waals surface area contributed by atoms with Crippen molar-refractivity contribution in [3.05, 3.63) is 11.1 Å². The molecule has 0 unspecified atom stereocenters. The Morgan fingerprint density at radius 2 is 1.79 bits per heavy atom. The molecule has 0 bridgehead atoms. The molecule has 2 rings (SSSR count). The molecule has 2 N–H and O–H groups in total. The molecule has 0 aromatic heterocycles. The van der Waals surface area contributed by atoms with Gasteiger partial charge < -0.3 is 10.5 Å². The third-order valence-electron chi connectivity index (χ3n) is 3.30. The van der Waals surface area contributed by atoms with Crippen LogP contribution in [0.5, 0.6) is 0 Å². The summed E-state index contributed by atoms with van der Waals surface area (Å²) < 4.78 is 6.04. The van der Waals surface area contributed by atoms with Crippen molar-refractivity contribution in [3.63, 3.8) is 0 Å². The van der Waals surface area contributed by atoms with Crippen LogP contribution in [0.4, 0.5) is 0 Å². The van der Waals surface area contributed by atoms with Gasteiger partial charge in [-0.3, -0.25) is 0 Å². The number of nitrogens with two attached hydrogens (primary N) is 1. The van der Waals surface area contributed by atoms with Gasteiger partial charge in [0, 0.05) is 6.04 Å². The molecule has 0 radical (unpaired) electrons. The van der Waals surface area contributed by atoms with Crippen LogP contribution in [0, 0.1) is 0 Å². The van der Waals surface area contributed by atoms with E-state index in [1.54, 1.807) is 5.57 Å². The van der Waals surface area contributed by atoms with Crippen LogP contribution in [0.3, 0.4) is 0 Å². The monoisotopic (exact) mass is 195 g/mol. The average molecular weight is 195 g/mol. The fraction of sp³-hybridized carbons (Fsp3) is 0.833. The van der Waals surface area contributed by atoms with E-state index in [9.17, 15) is 0 Å². The van der Waals surface area contributed by atoms with Gasteiger partial charge in [0.25, 0.3) is 0 Å². The van der Waals surface area contributed by atoms with Crippen molar-refractivity contribution in [1.82, 2.24) is 0 Å². The molecule has 1 saturated heterocycles. The van der Waals surface area contributed by atoms with E-state index in [-0.39, 0.29) is 11.2 Å². The Kier molecular flexibility index (Phi) is 2.06. The smallest absolute Gasteiger partial charge is 0.0846 e. The first-order valence-electron chi connectivity index (χ1n) is 5.47. The van der Waals surface area contributed by atoms with E-state index in [4.69, 9.17) is 10.5 Å². The summed E-state index contributed by atoms with van der Waals surface area (Å²) in [4.78, 5) is 0. The van der Waals surface area contributed by atoms with Crippen LogP contribution in [0.2, 0.25) is 0 Å². The molecule has 0 spiro atoms. The Bertz CT molecular complexity index is 281. The van der Waals surface area contributed by atoms with Crippen LogP contribution in [0.15, 0.2) is 11.1 Å². The first-order chi connectivity index (χ1) is 6.30. The molecular formula is C12H21NO. The van der Waals surface area contributed by atoms with Gasteiger partial charge in [0.05, 0.1) is 11.2 Å². The predicted octanol–water partition coefficient (Wildman–Crippen LogP) is 2.38. The predicted molar refractivity (Wildman–Crippen MR) is 58.1 cm³/mol. The largest absolute Gasteiger partial charge is 0.365 e. The number of hydrogen-bond acceptors (Lipinski definition) is 2. The maximum absolute atomic E-state index is 6.04. The van der Waals surface area contributed by atoms with Crippen molar-refractivity contribution >= 4 is 0 Å². The highest BCUT2D eigenvalue weighted by atomic mass is 16.5. The second kappa shape index (κ2) is 2.83. The zero-order valence-corrected chi connectivity index (χ0v) is 9.68. The standard InChI is InChI=1S/C12H21NO/c1-11(2)7-10(12(3,4)14-11)8-5-9(13)6-8/h9H,5-7,13H2,1-4H3. The molecule has 2 nitrogen and oxygen atoms in total. The fourth-order valence-electron chi connectivity index (χ4n) is 2.80. The Morgan fingerprint density at radius 3 is 2.14 bits per heavy atom. The highest BCUT2D eigenvalue weighted by Gasteiger charge is 2.44. The zero-order chi connectivity index (χ0) is 10.6. The summed E-state index contributed by atoms with van der Waals surface area (Å²) in [5.74, 6) is 0. The summed E-state index contributed by atoms with van der Waals surface area (Å²) in [6, 6.07) is 0.400. The van der Waals surface area contributed by atoms with E-state index in [2.05, 4.69) is 27.7 Å². The molecule has 2 aliphatic rings. The Labute approximate surface area is 86.5 Å². The SMILES string of the molecule is CC1(C)CC(=C2CC(N)C2)C(C)(C)O1. The lowest BCUT2D eigenvalue weighted by molar-refractivity contribution is -0.0570. The van der Waals surface area contributed by atoms with Crippen molar-refractivity contribution < 1.29 is 4.74 Å². The molecule has 0 amide bonds. The molecule has 1 aliphatic carbocycles. The lowest BCUT2D eigenvalue weighted by Crippen LogP contribution is -2.34. The normalized spacial score (nSPS) is 34.5. The minimum Gasteiger partial charge on any atom is -0.365 e. The minimum atomic E-state index is -0.0705. The third kappa shape index (κ3) is 1.61. The van der Waals surface area contributed by atoms with Crippen LogP contribution in [-0.4, -0.2) is 17.2 Å². The molecule has 2 fully saturated rings. The molecule has 0 aromatic rings. The zero-order valence-electron chi connectivity index (χ0n) is 9.68. The highest BCUT2D eigenvalue weighted by Crippen LogP contribution is 2.46. The molecule has 14 heavy (non-hydrogen) atoms. The number of hydrogen-bond donors (Lipinski definition) is 1. The van der Waals surface area contributed by atoms with Gasteiger partial charge in [-0.25, -0.2) is 0 Å². The average Bonchev–Trinajstić information content (AvgIpc) is 2.12. The van der Waals surface area contributed by atoms with Crippen LogP contribution in [-0.2, 0) is 4.74 Å². The van der Waals surface area contributed by atoms with E-state index >= 15 is 0 Å². The van der Waals surface area contributed by atoms with Crippen molar-refractivity contribution in [3.8, 4) is 0 Å². The maximum atomic E-state index is 6.04. The molecule has 2 heteroatoms. The first-order valence-corrected chi connectivity index (χ1v) is 5.47. The van der Waals surface area contributed by atoms with Gasteiger partial charge in [-0.05, 0) is 52.5 Å². The fourth-order valence-corrected chi connectivity index (χ4v) is 2.80. The molecule has 0 aromatic carbocycles. The number of rotatable bonds is 0. The molecular weight excluding hydrogens is 174 g/mol. The van der Waals surface area contributed by atoms with E-state index in [0.29, 0.717) is 6.04 Å². The topological polar surface area (TPSA) is 35.2 Å². The van der Waals surface area contributed by atoms with E-state index in [1.165, 1.54) is 5.57 Å². The maximum Gasteiger partial charge on any atom is 0.0846 e.